The lowest BCUT2D eigenvalue weighted by molar-refractivity contribution is 0.0954. The van der Waals surface area contributed by atoms with E-state index in [4.69, 9.17) is 4.74 Å². The Bertz CT molecular complexity index is 1350. The summed E-state index contributed by atoms with van der Waals surface area (Å²) in [7, 11) is 3.43. The lowest BCUT2D eigenvalue weighted by Crippen LogP contribution is -2.26. The number of nitrogens with zero attached hydrogens (tertiary/aromatic N) is 2. The van der Waals surface area contributed by atoms with Gasteiger partial charge in [0.25, 0.3) is 11.8 Å². The average Bonchev–Trinajstić information content (AvgIpc) is 3.57. The van der Waals surface area contributed by atoms with Gasteiger partial charge in [-0.25, -0.2) is 0 Å². The van der Waals surface area contributed by atoms with E-state index in [1.165, 1.54) is 0 Å². The highest BCUT2D eigenvalue weighted by Crippen LogP contribution is 2.43. The summed E-state index contributed by atoms with van der Waals surface area (Å²) in [5, 5.41) is 10.9. The van der Waals surface area contributed by atoms with Crippen LogP contribution in [0, 0.1) is 0 Å². The molecule has 1 aliphatic heterocycles. The summed E-state index contributed by atoms with van der Waals surface area (Å²) in [6, 6.07) is 11.6. The summed E-state index contributed by atoms with van der Waals surface area (Å²) in [5.41, 5.74) is 4.85. The minimum absolute atomic E-state index is 0.0777. The molecule has 3 N–H and O–H groups in total. The number of carbonyl (C=O) groups excluding carboxylic acids is 2. The molecule has 0 bridgehead atoms. The van der Waals surface area contributed by atoms with Crippen molar-refractivity contribution in [3.63, 3.8) is 0 Å². The predicted octanol–water partition coefficient (Wildman–Crippen LogP) is 2.76. The molecule has 8 heteroatoms. The Morgan fingerprint density at radius 2 is 2.09 bits per heavy atom. The van der Waals surface area contributed by atoms with Gasteiger partial charge in [0.15, 0.2) is 0 Å². The summed E-state index contributed by atoms with van der Waals surface area (Å²) < 4.78 is 7.74. The first-order valence-corrected chi connectivity index (χ1v) is 10.9. The Hall–Kier alpha value is -4.07. The summed E-state index contributed by atoms with van der Waals surface area (Å²) in [6.07, 6.45) is 6.30. The van der Waals surface area contributed by atoms with Gasteiger partial charge in [-0.3, -0.25) is 14.3 Å². The molecule has 0 spiro atoms. The van der Waals surface area contributed by atoms with E-state index >= 15 is 0 Å². The van der Waals surface area contributed by atoms with E-state index < -0.39 is 0 Å². The molecule has 0 radical (unpaired) electrons. The van der Waals surface area contributed by atoms with Crippen molar-refractivity contribution in [3.05, 3.63) is 82.8 Å². The molecule has 0 saturated heterocycles. The zero-order chi connectivity index (χ0) is 22.9. The van der Waals surface area contributed by atoms with Crippen LogP contribution in [-0.4, -0.2) is 46.8 Å². The van der Waals surface area contributed by atoms with Crippen LogP contribution < -0.4 is 15.4 Å². The van der Waals surface area contributed by atoms with Gasteiger partial charge in [0.1, 0.15) is 5.75 Å². The average molecular weight is 444 g/mol. The third kappa shape index (κ3) is 3.84. The van der Waals surface area contributed by atoms with Crippen molar-refractivity contribution in [2.75, 3.05) is 20.2 Å². The van der Waals surface area contributed by atoms with Crippen molar-refractivity contribution in [2.45, 2.75) is 12.3 Å². The number of hydrogen-bond donors (Lipinski definition) is 3. The second-order valence-electron chi connectivity index (χ2n) is 8.20. The molecule has 2 aromatic carbocycles. The monoisotopic (exact) mass is 443 g/mol. The summed E-state index contributed by atoms with van der Waals surface area (Å²) >= 11 is 0. The molecule has 1 atom stereocenters. The first-order valence-electron chi connectivity index (χ1n) is 10.9. The molecule has 1 aliphatic rings. The van der Waals surface area contributed by atoms with Gasteiger partial charge in [0.2, 0.25) is 0 Å². The number of hydrogen-bond acceptors (Lipinski definition) is 4. The molecule has 2 amide bonds. The van der Waals surface area contributed by atoms with Crippen LogP contribution in [0.5, 0.6) is 5.75 Å². The van der Waals surface area contributed by atoms with Gasteiger partial charge in [-0.15, -0.1) is 0 Å². The number of amides is 2. The molecule has 0 unspecified atom stereocenters. The van der Waals surface area contributed by atoms with Crippen LogP contribution in [0.4, 0.5) is 0 Å². The number of benzene rings is 2. The van der Waals surface area contributed by atoms with Crippen LogP contribution in [-0.2, 0) is 13.5 Å². The van der Waals surface area contributed by atoms with Crippen molar-refractivity contribution in [2.24, 2.45) is 7.05 Å². The fourth-order valence-corrected chi connectivity index (χ4v) is 4.46. The SMILES string of the molecule is CNC(=O)c1cc(C(=O)NCCc2cnn(C)c2)cc2c1OC[C@H]2c1cccc2[nH]ccc12. The largest absolute Gasteiger partial charge is 0.491 e. The van der Waals surface area contributed by atoms with E-state index in [2.05, 4.69) is 26.8 Å². The second kappa shape index (κ2) is 8.46. The normalized spacial score (nSPS) is 14.7. The van der Waals surface area contributed by atoms with E-state index in [0.29, 0.717) is 36.4 Å². The minimum Gasteiger partial charge on any atom is -0.491 e. The van der Waals surface area contributed by atoms with Crippen molar-refractivity contribution in [3.8, 4) is 5.75 Å². The van der Waals surface area contributed by atoms with E-state index in [1.807, 2.05) is 43.7 Å². The number of aryl methyl sites for hydroxylation is 1. The molecule has 0 fully saturated rings. The number of nitrogens with one attached hydrogen (secondary N) is 3. The van der Waals surface area contributed by atoms with Crippen LogP contribution in [0.15, 0.2) is 55.0 Å². The van der Waals surface area contributed by atoms with Gasteiger partial charge in [-0.2, -0.15) is 5.10 Å². The number of ether oxygens (including phenoxy) is 1. The molecule has 4 aromatic rings. The highest BCUT2D eigenvalue weighted by atomic mass is 16.5. The van der Waals surface area contributed by atoms with E-state index in [0.717, 1.165) is 27.6 Å². The van der Waals surface area contributed by atoms with E-state index in [9.17, 15) is 9.59 Å². The Balaban J connectivity index is 1.47. The van der Waals surface area contributed by atoms with Gasteiger partial charge >= 0.3 is 0 Å². The number of fused-ring (bicyclic) bond motifs is 2. The van der Waals surface area contributed by atoms with Crippen LogP contribution in [0.2, 0.25) is 0 Å². The quantitative estimate of drug-likeness (QED) is 0.427. The predicted molar refractivity (Wildman–Crippen MR) is 125 cm³/mol. The molecule has 168 valence electrons. The third-order valence-corrected chi connectivity index (χ3v) is 6.08. The van der Waals surface area contributed by atoms with Crippen molar-refractivity contribution in [1.29, 1.82) is 0 Å². The van der Waals surface area contributed by atoms with Crippen LogP contribution >= 0.6 is 0 Å². The molecule has 3 heterocycles. The maximum Gasteiger partial charge on any atom is 0.254 e. The Kier molecular flexibility index (Phi) is 5.34. The standard InChI is InChI=1S/C25H25N5O3/c1-26-25(32)20-11-16(24(31)28-8-6-15-12-29-30(2)13-15)10-19-21(14-33-23(19)20)17-4-3-5-22-18(17)7-9-27-22/h3-5,7,9-13,21,27H,6,8,14H2,1-2H3,(H,26,32)(H,28,31)/t21-/m0/s1. The number of carbonyl (C=O) groups is 2. The fraction of sp³-hybridized carbons (Fsp3) is 0.240. The summed E-state index contributed by atoms with van der Waals surface area (Å²) in [6.45, 7) is 0.884. The topological polar surface area (TPSA) is 101 Å². The first-order chi connectivity index (χ1) is 16.0. The molecular weight excluding hydrogens is 418 g/mol. The molecule has 33 heavy (non-hydrogen) atoms. The zero-order valence-corrected chi connectivity index (χ0v) is 18.5. The molecular formula is C25H25N5O3. The van der Waals surface area contributed by atoms with E-state index in [-0.39, 0.29) is 17.7 Å². The maximum atomic E-state index is 13.0. The highest BCUT2D eigenvalue weighted by Gasteiger charge is 2.32. The molecule has 8 nitrogen and oxygen atoms in total. The van der Waals surface area contributed by atoms with Crippen molar-refractivity contribution < 1.29 is 14.3 Å². The minimum atomic E-state index is -0.281. The second-order valence-corrected chi connectivity index (χ2v) is 8.20. The van der Waals surface area contributed by atoms with E-state index in [1.54, 1.807) is 24.0 Å². The van der Waals surface area contributed by atoms with Gasteiger partial charge in [0.05, 0.1) is 18.4 Å². The molecule has 5 rings (SSSR count). The van der Waals surface area contributed by atoms with Crippen LogP contribution in [0.25, 0.3) is 10.9 Å². The molecule has 0 saturated carbocycles. The number of aromatic amines is 1. The Morgan fingerprint density at radius 1 is 1.21 bits per heavy atom. The van der Waals surface area contributed by atoms with Gasteiger partial charge in [-0.05, 0) is 41.8 Å². The van der Waals surface area contributed by atoms with Gasteiger partial charge < -0.3 is 20.4 Å². The highest BCUT2D eigenvalue weighted by molar-refractivity contribution is 6.02. The number of rotatable bonds is 6. The maximum absolute atomic E-state index is 13.0. The van der Waals surface area contributed by atoms with Gasteiger partial charge in [-0.1, -0.05) is 12.1 Å². The fourth-order valence-electron chi connectivity index (χ4n) is 4.46. The van der Waals surface area contributed by atoms with Crippen molar-refractivity contribution >= 4 is 22.7 Å². The Labute approximate surface area is 190 Å². The van der Waals surface area contributed by atoms with Crippen LogP contribution in [0.3, 0.4) is 0 Å². The number of H-pyrrole nitrogens is 1. The van der Waals surface area contributed by atoms with Crippen LogP contribution in [0.1, 0.15) is 43.3 Å². The molecule has 2 aromatic heterocycles. The zero-order valence-electron chi connectivity index (χ0n) is 18.5. The van der Waals surface area contributed by atoms with Gasteiger partial charge in [0, 0.05) is 61.0 Å². The Morgan fingerprint density at radius 3 is 2.88 bits per heavy atom. The summed E-state index contributed by atoms with van der Waals surface area (Å²) in [5.74, 6) is -0.0426. The number of aromatic nitrogens is 3. The lowest BCUT2D eigenvalue weighted by atomic mass is 9.88. The smallest absolute Gasteiger partial charge is 0.254 e. The summed E-state index contributed by atoms with van der Waals surface area (Å²) in [4.78, 5) is 28.9. The third-order valence-electron chi connectivity index (χ3n) is 6.08. The first kappa shape index (κ1) is 20.8. The lowest BCUT2D eigenvalue weighted by Gasteiger charge is -2.14. The molecule has 0 aliphatic carbocycles. The van der Waals surface area contributed by atoms with Crippen molar-refractivity contribution in [1.82, 2.24) is 25.4 Å².